The van der Waals surface area contributed by atoms with Crippen molar-refractivity contribution in [3.8, 4) is 0 Å². The van der Waals surface area contributed by atoms with Crippen molar-refractivity contribution >= 4 is 17.5 Å². The van der Waals surface area contributed by atoms with Crippen LogP contribution >= 0.6 is 0 Å². The molecule has 0 unspecified atom stereocenters. The number of anilines is 2. The van der Waals surface area contributed by atoms with Crippen LogP contribution in [0.25, 0.3) is 0 Å². The van der Waals surface area contributed by atoms with E-state index in [-0.39, 0.29) is 24.2 Å². The highest BCUT2D eigenvalue weighted by Crippen LogP contribution is 2.27. The van der Waals surface area contributed by atoms with E-state index in [1.165, 1.54) is 26.2 Å². The fraction of sp³-hybridized carbons (Fsp3) is 0.722. The van der Waals surface area contributed by atoms with Gasteiger partial charge in [-0.1, -0.05) is 0 Å². The summed E-state index contributed by atoms with van der Waals surface area (Å²) in [6, 6.07) is 2.01. The number of hydrogen-bond donors (Lipinski definition) is 1. The molecule has 0 radical (unpaired) electrons. The number of carbonyl (C=O) groups excluding carboxylic acids is 1. The molecule has 1 aromatic rings. The largest absolute Gasteiger partial charge is 0.371 e. The van der Waals surface area contributed by atoms with Gasteiger partial charge in [-0.05, 0) is 19.3 Å². The average Bonchev–Trinajstić information content (AvgIpc) is 2.99. The number of piperidine rings is 1. The van der Waals surface area contributed by atoms with E-state index in [4.69, 9.17) is 9.47 Å². The molecule has 4 rings (SSSR count). The number of carbonyl (C=O) groups is 1. The second-order valence-electron chi connectivity index (χ2n) is 7.33. The number of rotatable bonds is 3. The molecule has 8 nitrogen and oxygen atoms in total. The molecule has 3 aliphatic heterocycles. The number of hydrogen-bond acceptors (Lipinski definition) is 7. The summed E-state index contributed by atoms with van der Waals surface area (Å²) in [6.45, 7) is 6.11. The summed E-state index contributed by atoms with van der Waals surface area (Å²) in [5, 5.41) is 2.87. The molecule has 3 aliphatic rings. The second-order valence-corrected chi connectivity index (χ2v) is 7.33. The maximum absolute atomic E-state index is 11.2. The maximum Gasteiger partial charge on any atom is 0.217 e. The van der Waals surface area contributed by atoms with Crippen LogP contribution in [0, 0.1) is 0 Å². The first kappa shape index (κ1) is 17.5. The van der Waals surface area contributed by atoms with Gasteiger partial charge in [-0.2, -0.15) is 0 Å². The SMILES string of the molecule is CC(=O)NC1CO[C@H]2CN(c3cc(N4CCCCC4)ncn3)C[C@@H]2OC1. The smallest absolute Gasteiger partial charge is 0.217 e. The Hall–Kier alpha value is -1.93. The first-order valence-corrected chi connectivity index (χ1v) is 9.51. The Kier molecular flexibility index (Phi) is 5.21. The van der Waals surface area contributed by atoms with Gasteiger partial charge in [0.05, 0.1) is 19.3 Å². The van der Waals surface area contributed by atoms with Crippen molar-refractivity contribution < 1.29 is 14.3 Å². The van der Waals surface area contributed by atoms with Crippen molar-refractivity contribution in [2.75, 3.05) is 49.2 Å². The zero-order valence-electron chi connectivity index (χ0n) is 15.3. The summed E-state index contributed by atoms with van der Waals surface area (Å²) >= 11 is 0. The van der Waals surface area contributed by atoms with E-state index in [1.807, 2.05) is 0 Å². The van der Waals surface area contributed by atoms with E-state index in [1.54, 1.807) is 6.33 Å². The van der Waals surface area contributed by atoms with E-state index in [2.05, 4.69) is 31.2 Å². The van der Waals surface area contributed by atoms with Gasteiger partial charge in [0.2, 0.25) is 5.91 Å². The lowest BCUT2D eigenvalue weighted by molar-refractivity contribution is -0.120. The maximum atomic E-state index is 11.2. The highest BCUT2D eigenvalue weighted by atomic mass is 16.6. The third-order valence-electron chi connectivity index (χ3n) is 5.29. The monoisotopic (exact) mass is 361 g/mol. The van der Waals surface area contributed by atoms with Gasteiger partial charge in [-0.25, -0.2) is 9.97 Å². The molecule has 3 saturated heterocycles. The van der Waals surface area contributed by atoms with Crippen LogP contribution in [0.1, 0.15) is 26.2 Å². The quantitative estimate of drug-likeness (QED) is 0.843. The molecule has 2 atom stereocenters. The molecular formula is C18H27N5O3. The van der Waals surface area contributed by atoms with Gasteiger partial charge in [-0.15, -0.1) is 0 Å². The highest BCUT2D eigenvalue weighted by Gasteiger charge is 2.38. The first-order chi connectivity index (χ1) is 12.7. The molecule has 26 heavy (non-hydrogen) atoms. The Morgan fingerprint density at radius 2 is 1.65 bits per heavy atom. The average molecular weight is 361 g/mol. The van der Waals surface area contributed by atoms with Gasteiger partial charge >= 0.3 is 0 Å². The van der Waals surface area contributed by atoms with Gasteiger partial charge in [0.25, 0.3) is 0 Å². The second kappa shape index (κ2) is 7.75. The van der Waals surface area contributed by atoms with Gasteiger partial charge in [-0.3, -0.25) is 4.79 Å². The van der Waals surface area contributed by atoms with E-state index >= 15 is 0 Å². The van der Waals surface area contributed by atoms with Crippen molar-refractivity contribution in [1.82, 2.24) is 15.3 Å². The number of ether oxygens (including phenoxy) is 2. The van der Waals surface area contributed by atoms with Crippen LogP contribution < -0.4 is 15.1 Å². The molecule has 1 N–H and O–H groups in total. The molecule has 3 fully saturated rings. The van der Waals surface area contributed by atoms with Crippen molar-refractivity contribution in [3.63, 3.8) is 0 Å². The first-order valence-electron chi connectivity index (χ1n) is 9.51. The molecule has 1 aromatic heterocycles. The molecule has 0 bridgehead atoms. The third kappa shape index (κ3) is 3.91. The number of fused-ring (bicyclic) bond motifs is 1. The Balaban J connectivity index is 1.39. The van der Waals surface area contributed by atoms with Crippen LogP contribution in [0.15, 0.2) is 12.4 Å². The predicted octanol–water partition coefficient (Wildman–Crippen LogP) is 0.576. The molecular weight excluding hydrogens is 334 g/mol. The molecule has 8 heteroatoms. The van der Waals surface area contributed by atoms with Gasteiger partial charge in [0.1, 0.15) is 30.2 Å². The lowest BCUT2D eigenvalue weighted by Gasteiger charge is -2.28. The number of aromatic nitrogens is 2. The van der Waals surface area contributed by atoms with Crippen molar-refractivity contribution in [1.29, 1.82) is 0 Å². The third-order valence-corrected chi connectivity index (χ3v) is 5.29. The van der Waals surface area contributed by atoms with Gasteiger partial charge in [0.15, 0.2) is 0 Å². The van der Waals surface area contributed by atoms with E-state index < -0.39 is 0 Å². The summed E-state index contributed by atoms with van der Waals surface area (Å²) in [6.07, 6.45) is 5.42. The van der Waals surface area contributed by atoms with Crippen molar-refractivity contribution in [2.45, 2.75) is 44.4 Å². The topological polar surface area (TPSA) is 79.8 Å². The van der Waals surface area contributed by atoms with Crippen LogP contribution in [0.2, 0.25) is 0 Å². The Bertz CT molecular complexity index is 621. The zero-order valence-corrected chi connectivity index (χ0v) is 15.3. The van der Waals surface area contributed by atoms with Crippen LogP contribution in [-0.4, -0.2) is 73.5 Å². The van der Waals surface area contributed by atoms with Crippen LogP contribution in [0.3, 0.4) is 0 Å². The summed E-state index contributed by atoms with van der Waals surface area (Å²) in [4.78, 5) is 24.7. The van der Waals surface area contributed by atoms with Crippen LogP contribution in [0.4, 0.5) is 11.6 Å². The lowest BCUT2D eigenvalue weighted by Crippen LogP contribution is -2.40. The minimum atomic E-state index is -0.0729. The summed E-state index contributed by atoms with van der Waals surface area (Å²) in [5.41, 5.74) is 0. The summed E-state index contributed by atoms with van der Waals surface area (Å²) in [5.74, 6) is 1.88. The number of nitrogens with zero attached hydrogens (tertiary/aromatic N) is 4. The molecule has 0 saturated carbocycles. The Labute approximate surface area is 153 Å². The van der Waals surface area contributed by atoms with E-state index in [9.17, 15) is 4.79 Å². The normalized spacial score (nSPS) is 27.1. The van der Waals surface area contributed by atoms with Crippen LogP contribution in [0.5, 0.6) is 0 Å². The molecule has 1 amide bonds. The Morgan fingerprint density at radius 3 is 2.27 bits per heavy atom. The molecule has 0 spiro atoms. The van der Waals surface area contributed by atoms with Crippen molar-refractivity contribution in [2.24, 2.45) is 0 Å². The molecule has 0 aromatic carbocycles. The van der Waals surface area contributed by atoms with Crippen LogP contribution in [-0.2, 0) is 14.3 Å². The fourth-order valence-electron chi connectivity index (χ4n) is 3.96. The minimum Gasteiger partial charge on any atom is -0.371 e. The zero-order chi connectivity index (χ0) is 17.9. The van der Waals surface area contributed by atoms with Crippen molar-refractivity contribution in [3.05, 3.63) is 12.4 Å². The highest BCUT2D eigenvalue weighted by molar-refractivity contribution is 5.73. The number of nitrogens with one attached hydrogen (secondary N) is 1. The van der Waals surface area contributed by atoms with Gasteiger partial charge in [0, 0.05) is 39.2 Å². The standard InChI is InChI=1S/C18H27N5O3/c1-13(24)21-14-10-25-15-8-23(9-16(15)26-11-14)18-7-17(19-12-20-18)22-5-3-2-4-6-22/h7,12,14-16H,2-6,8-11H2,1H3,(H,21,24)/t15-,16-/m0/s1. The lowest BCUT2D eigenvalue weighted by atomic mass is 10.1. The predicted molar refractivity (Wildman–Crippen MR) is 97.4 cm³/mol. The Morgan fingerprint density at radius 1 is 1.04 bits per heavy atom. The number of amides is 1. The minimum absolute atomic E-state index is 0.00200. The van der Waals surface area contributed by atoms with E-state index in [0.717, 1.165) is 37.8 Å². The fourth-order valence-corrected chi connectivity index (χ4v) is 3.96. The molecule has 0 aliphatic carbocycles. The molecule has 4 heterocycles. The summed E-state index contributed by atoms with van der Waals surface area (Å²) in [7, 11) is 0. The van der Waals surface area contributed by atoms with E-state index in [0.29, 0.717) is 13.2 Å². The summed E-state index contributed by atoms with van der Waals surface area (Å²) < 4.78 is 12.0. The van der Waals surface area contributed by atoms with Gasteiger partial charge < -0.3 is 24.6 Å². The molecule has 142 valence electrons.